The number of hydrogen-bond donors (Lipinski definition) is 2. The van der Waals surface area contributed by atoms with Crippen molar-refractivity contribution in [3.63, 3.8) is 0 Å². The van der Waals surface area contributed by atoms with Gasteiger partial charge < -0.3 is 20.3 Å². The first-order valence-corrected chi connectivity index (χ1v) is 6.62. The standard InChI is InChI=1S/C13H19NO4/c14-9-7(5-3-1-2-4-6-8(15)16)10-12-13(18-12)11(9)17-10/h1,3,7,9-13H,2,4-6,14H2,(H,15,16)/t7-,9+,10+,11-,12-,13+/m0/s1. The van der Waals surface area contributed by atoms with Gasteiger partial charge in [-0.2, -0.15) is 0 Å². The van der Waals surface area contributed by atoms with E-state index >= 15 is 0 Å². The number of hydrogen-bond acceptors (Lipinski definition) is 4. The van der Waals surface area contributed by atoms with Gasteiger partial charge in [0.05, 0.1) is 6.10 Å². The molecule has 5 heteroatoms. The van der Waals surface area contributed by atoms with Crippen molar-refractivity contribution >= 4 is 5.97 Å². The number of ether oxygens (including phenoxy) is 2. The fraction of sp³-hybridized carbons (Fsp3) is 0.769. The molecule has 0 radical (unpaired) electrons. The number of carboxylic acid groups (broad SMARTS) is 1. The highest BCUT2D eigenvalue weighted by Gasteiger charge is 2.67. The minimum atomic E-state index is -0.733. The molecule has 5 nitrogen and oxygen atoms in total. The van der Waals surface area contributed by atoms with Gasteiger partial charge in [0.1, 0.15) is 18.3 Å². The molecule has 2 bridgehead atoms. The number of nitrogens with two attached hydrogens (primary N) is 1. The van der Waals surface area contributed by atoms with Gasteiger partial charge in [-0.3, -0.25) is 4.79 Å². The van der Waals surface area contributed by atoms with Crippen LogP contribution < -0.4 is 5.73 Å². The fourth-order valence-corrected chi connectivity index (χ4v) is 3.15. The number of allylic oxidation sites excluding steroid dienone is 2. The Balaban J connectivity index is 1.41. The summed E-state index contributed by atoms with van der Waals surface area (Å²) in [5.41, 5.74) is 6.15. The molecule has 3 rings (SSSR count). The van der Waals surface area contributed by atoms with E-state index in [1.165, 1.54) is 0 Å². The Morgan fingerprint density at radius 1 is 1.17 bits per heavy atom. The second kappa shape index (κ2) is 4.64. The maximum absolute atomic E-state index is 10.3. The highest BCUT2D eigenvalue weighted by atomic mass is 16.7. The summed E-state index contributed by atoms with van der Waals surface area (Å²) in [5.74, 6) is -0.377. The lowest BCUT2D eigenvalue weighted by atomic mass is 9.83. The molecule has 0 spiro atoms. The van der Waals surface area contributed by atoms with Gasteiger partial charge in [0.15, 0.2) is 0 Å². The molecule has 3 aliphatic heterocycles. The van der Waals surface area contributed by atoms with Gasteiger partial charge in [0, 0.05) is 18.4 Å². The first kappa shape index (κ1) is 12.1. The van der Waals surface area contributed by atoms with Crippen LogP contribution in [0.3, 0.4) is 0 Å². The summed E-state index contributed by atoms with van der Waals surface area (Å²) < 4.78 is 11.3. The largest absolute Gasteiger partial charge is 0.481 e. The summed E-state index contributed by atoms with van der Waals surface area (Å²) in [4.78, 5) is 10.3. The zero-order chi connectivity index (χ0) is 12.7. The van der Waals surface area contributed by atoms with Crippen LogP contribution >= 0.6 is 0 Å². The van der Waals surface area contributed by atoms with Crippen molar-refractivity contribution < 1.29 is 19.4 Å². The molecule has 0 amide bonds. The van der Waals surface area contributed by atoms with Crippen molar-refractivity contribution in [2.75, 3.05) is 0 Å². The monoisotopic (exact) mass is 253 g/mol. The molecule has 3 aliphatic rings. The average molecular weight is 253 g/mol. The Hall–Kier alpha value is -0.910. The summed E-state index contributed by atoms with van der Waals surface area (Å²) in [5, 5.41) is 8.51. The normalized spacial score (nSPS) is 44.5. The first-order valence-electron chi connectivity index (χ1n) is 6.62. The highest BCUT2D eigenvalue weighted by molar-refractivity contribution is 5.66. The summed E-state index contributed by atoms with van der Waals surface area (Å²) in [6.45, 7) is 0. The predicted molar refractivity (Wildman–Crippen MR) is 64.0 cm³/mol. The zero-order valence-electron chi connectivity index (χ0n) is 10.2. The van der Waals surface area contributed by atoms with Crippen LogP contribution in [0.25, 0.3) is 0 Å². The number of carbonyl (C=O) groups is 1. The van der Waals surface area contributed by atoms with Crippen molar-refractivity contribution in [1.29, 1.82) is 0 Å². The molecule has 3 heterocycles. The summed E-state index contributed by atoms with van der Waals surface area (Å²) in [7, 11) is 0. The highest BCUT2D eigenvalue weighted by Crippen LogP contribution is 2.51. The lowest BCUT2D eigenvalue weighted by Crippen LogP contribution is -2.43. The number of rotatable bonds is 6. The number of epoxide rings is 1. The van der Waals surface area contributed by atoms with Crippen molar-refractivity contribution in [2.24, 2.45) is 11.7 Å². The summed E-state index contributed by atoms with van der Waals surface area (Å²) in [6, 6.07) is 0.0856. The van der Waals surface area contributed by atoms with E-state index in [1.54, 1.807) is 0 Å². The van der Waals surface area contributed by atoms with E-state index in [2.05, 4.69) is 6.08 Å². The van der Waals surface area contributed by atoms with Crippen LogP contribution in [0, 0.1) is 5.92 Å². The van der Waals surface area contributed by atoms with Crippen LogP contribution in [-0.4, -0.2) is 41.5 Å². The average Bonchev–Trinajstić information content (AvgIpc) is 2.96. The minimum absolute atomic E-state index is 0.0856. The lowest BCUT2D eigenvalue weighted by Gasteiger charge is -2.20. The molecule has 6 atom stereocenters. The molecule has 0 unspecified atom stereocenters. The predicted octanol–water partition coefficient (Wildman–Crippen LogP) is 0.679. The van der Waals surface area contributed by atoms with E-state index in [-0.39, 0.29) is 30.8 Å². The van der Waals surface area contributed by atoms with Crippen LogP contribution in [-0.2, 0) is 14.3 Å². The van der Waals surface area contributed by atoms with Gasteiger partial charge >= 0.3 is 5.97 Å². The van der Waals surface area contributed by atoms with Crippen LogP contribution in [0.2, 0.25) is 0 Å². The topological polar surface area (TPSA) is 85.1 Å². The van der Waals surface area contributed by atoms with Gasteiger partial charge in [-0.15, -0.1) is 0 Å². The van der Waals surface area contributed by atoms with Crippen LogP contribution in [0.4, 0.5) is 0 Å². The molecule has 0 aromatic heterocycles. The fourth-order valence-electron chi connectivity index (χ4n) is 3.15. The number of unbranched alkanes of at least 4 members (excludes halogenated alkanes) is 1. The second-order valence-corrected chi connectivity index (χ2v) is 5.36. The Labute approximate surface area is 106 Å². The molecule has 0 aromatic carbocycles. The molecular formula is C13H19NO4. The molecule has 0 aromatic rings. The molecule has 18 heavy (non-hydrogen) atoms. The smallest absolute Gasteiger partial charge is 0.303 e. The zero-order valence-corrected chi connectivity index (χ0v) is 10.2. The molecule has 0 aliphatic carbocycles. The Morgan fingerprint density at radius 3 is 2.61 bits per heavy atom. The number of fused-ring (bicyclic) bond motifs is 5. The lowest BCUT2D eigenvalue weighted by molar-refractivity contribution is -0.137. The minimum Gasteiger partial charge on any atom is -0.481 e. The Bertz CT molecular complexity index is 370. The van der Waals surface area contributed by atoms with Gasteiger partial charge in [0.25, 0.3) is 0 Å². The van der Waals surface area contributed by atoms with E-state index in [0.29, 0.717) is 18.4 Å². The van der Waals surface area contributed by atoms with Gasteiger partial charge in [-0.1, -0.05) is 12.2 Å². The van der Waals surface area contributed by atoms with Crippen molar-refractivity contribution in [3.05, 3.63) is 12.2 Å². The second-order valence-electron chi connectivity index (χ2n) is 5.36. The SMILES string of the molecule is N[C@@H]1[C@H](CC=CCCCC(=O)O)[C@H]2O[C@@H]1[C@H]1O[C@H]12. The molecule has 100 valence electrons. The maximum Gasteiger partial charge on any atom is 0.303 e. The van der Waals surface area contributed by atoms with Crippen LogP contribution in [0.1, 0.15) is 25.7 Å². The number of aliphatic carboxylic acids is 1. The van der Waals surface area contributed by atoms with E-state index < -0.39 is 5.97 Å². The van der Waals surface area contributed by atoms with E-state index in [0.717, 1.165) is 12.8 Å². The Kier molecular flexibility index (Phi) is 3.13. The van der Waals surface area contributed by atoms with E-state index in [4.69, 9.17) is 20.3 Å². The van der Waals surface area contributed by atoms with Crippen molar-refractivity contribution in [1.82, 2.24) is 0 Å². The van der Waals surface area contributed by atoms with Crippen LogP contribution in [0.5, 0.6) is 0 Å². The molecule has 3 saturated heterocycles. The summed E-state index contributed by atoms with van der Waals surface area (Å²) in [6.07, 6.45) is 7.64. The van der Waals surface area contributed by atoms with Gasteiger partial charge in [-0.05, 0) is 19.3 Å². The molecular weight excluding hydrogens is 234 g/mol. The maximum atomic E-state index is 10.3. The van der Waals surface area contributed by atoms with Crippen molar-refractivity contribution in [3.8, 4) is 0 Å². The van der Waals surface area contributed by atoms with E-state index in [9.17, 15) is 4.79 Å². The van der Waals surface area contributed by atoms with Crippen molar-refractivity contribution in [2.45, 2.75) is 56.1 Å². The molecule has 0 saturated carbocycles. The third-order valence-corrected chi connectivity index (χ3v) is 4.16. The third kappa shape index (κ3) is 2.06. The quantitative estimate of drug-likeness (QED) is 0.413. The van der Waals surface area contributed by atoms with Gasteiger partial charge in [0.2, 0.25) is 0 Å². The number of carboxylic acids is 1. The molecule has 3 N–H and O–H groups in total. The van der Waals surface area contributed by atoms with Crippen LogP contribution in [0.15, 0.2) is 12.2 Å². The van der Waals surface area contributed by atoms with Gasteiger partial charge in [-0.25, -0.2) is 0 Å². The molecule has 3 fully saturated rings. The third-order valence-electron chi connectivity index (χ3n) is 4.16. The first-order chi connectivity index (χ1) is 8.68. The summed E-state index contributed by atoms with van der Waals surface area (Å²) >= 11 is 0. The van der Waals surface area contributed by atoms with E-state index in [1.807, 2.05) is 6.08 Å². The Morgan fingerprint density at radius 2 is 1.89 bits per heavy atom.